The molecule has 0 aliphatic heterocycles. The smallest absolute Gasteiger partial charge is 0.147 e. The Bertz CT molecular complexity index is 423. The van der Waals surface area contributed by atoms with E-state index in [1.807, 2.05) is 23.2 Å². The van der Waals surface area contributed by atoms with Crippen LogP contribution in [-0.2, 0) is 13.1 Å². The summed E-state index contributed by atoms with van der Waals surface area (Å²) in [6, 6.07) is 1.81. The van der Waals surface area contributed by atoms with Gasteiger partial charge < -0.3 is 9.88 Å². The molecule has 5 nitrogen and oxygen atoms in total. The summed E-state index contributed by atoms with van der Waals surface area (Å²) in [6.45, 7) is 4.50. The molecule has 0 saturated heterocycles. The monoisotopic (exact) mass is 217 g/mol. The first kappa shape index (κ1) is 10.8. The lowest BCUT2D eigenvalue weighted by atomic mass is 10.4. The molecule has 2 rings (SSSR count). The summed E-state index contributed by atoms with van der Waals surface area (Å²) in [5.74, 6) is 0.801. The average Bonchev–Trinajstić information content (AvgIpc) is 2.75. The second-order valence-corrected chi connectivity index (χ2v) is 3.48. The standard InChI is InChI=1S/C11H15N5/c1-2-12-6-10-7-16(9-15-10)8-11-13-4-3-5-14-11/h3-5,7,9,12H,2,6,8H2,1H3. The summed E-state index contributed by atoms with van der Waals surface area (Å²) >= 11 is 0. The molecule has 0 bridgehead atoms. The molecule has 2 aromatic rings. The van der Waals surface area contributed by atoms with Gasteiger partial charge in [-0.3, -0.25) is 0 Å². The number of rotatable bonds is 5. The average molecular weight is 217 g/mol. The fourth-order valence-electron chi connectivity index (χ4n) is 1.41. The first-order valence-corrected chi connectivity index (χ1v) is 5.35. The van der Waals surface area contributed by atoms with Gasteiger partial charge in [0, 0.05) is 25.1 Å². The van der Waals surface area contributed by atoms with E-state index in [1.54, 1.807) is 12.4 Å². The fraction of sp³-hybridized carbons (Fsp3) is 0.364. The molecule has 2 heterocycles. The van der Waals surface area contributed by atoms with Gasteiger partial charge in [0.05, 0.1) is 18.6 Å². The molecule has 0 amide bonds. The van der Waals surface area contributed by atoms with Gasteiger partial charge in [-0.25, -0.2) is 15.0 Å². The van der Waals surface area contributed by atoms with Crippen LogP contribution < -0.4 is 5.32 Å². The van der Waals surface area contributed by atoms with E-state index in [2.05, 4.69) is 27.2 Å². The first-order valence-electron chi connectivity index (χ1n) is 5.35. The highest BCUT2D eigenvalue weighted by Crippen LogP contribution is 1.99. The SMILES string of the molecule is CCNCc1cn(Cc2ncccn2)cn1. The molecular weight excluding hydrogens is 202 g/mol. The van der Waals surface area contributed by atoms with Crippen LogP contribution in [0.5, 0.6) is 0 Å². The van der Waals surface area contributed by atoms with Gasteiger partial charge in [0.15, 0.2) is 0 Å². The number of aromatic nitrogens is 4. The van der Waals surface area contributed by atoms with Gasteiger partial charge in [0.1, 0.15) is 5.82 Å². The van der Waals surface area contributed by atoms with Crippen molar-refractivity contribution < 1.29 is 0 Å². The number of hydrogen-bond acceptors (Lipinski definition) is 4. The van der Waals surface area contributed by atoms with E-state index in [0.717, 1.165) is 24.6 Å². The maximum Gasteiger partial charge on any atom is 0.147 e. The maximum absolute atomic E-state index is 4.29. The van der Waals surface area contributed by atoms with E-state index in [9.17, 15) is 0 Å². The van der Waals surface area contributed by atoms with Crippen molar-refractivity contribution in [2.24, 2.45) is 0 Å². The molecule has 0 fully saturated rings. The molecule has 0 atom stereocenters. The lowest BCUT2D eigenvalue weighted by Gasteiger charge is -1.99. The summed E-state index contributed by atoms with van der Waals surface area (Å²) in [4.78, 5) is 12.6. The van der Waals surface area contributed by atoms with Gasteiger partial charge in [-0.15, -0.1) is 0 Å². The third-order valence-corrected chi connectivity index (χ3v) is 2.19. The molecule has 2 aromatic heterocycles. The fourth-order valence-corrected chi connectivity index (χ4v) is 1.41. The van der Waals surface area contributed by atoms with Crippen LogP contribution in [0.25, 0.3) is 0 Å². The van der Waals surface area contributed by atoms with Crippen molar-refractivity contribution in [2.45, 2.75) is 20.0 Å². The van der Waals surface area contributed by atoms with Gasteiger partial charge in [-0.2, -0.15) is 0 Å². The summed E-state index contributed by atoms with van der Waals surface area (Å²) in [5, 5.41) is 3.23. The molecule has 0 saturated carbocycles. The Balaban J connectivity index is 1.97. The Morgan fingerprint density at radius 2 is 2.06 bits per heavy atom. The van der Waals surface area contributed by atoms with Crippen molar-refractivity contribution in [2.75, 3.05) is 6.54 Å². The molecule has 0 aromatic carbocycles. The molecule has 0 radical (unpaired) electrons. The van der Waals surface area contributed by atoms with Crippen molar-refractivity contribution >= 4 is 0 Å². The van der Waals surface area contributed by atoms with Crippen LogP contribution in [0.3, 0.4) is 0 Å². The number of nitrogens with zero attached hydrogens (tertiary/aromatic N) is 4. The molecule has 5 heteroatoms. The van der Waals surface area contributed by atoms with E-state index in [0.29, 0.717) is 6.54 Å². The van der Waals surface area contributed by atoms with Crippen molar-refractivity contribution in [3.05, 3.63) is 42.5 Å². The highest BCUT2D eigenvalue weighted by atomic mass is 15.1. The minimum Gasteiger partial charge on any atom is -0.329 e. The third kappa shape index (κ3) is 2.87. The van der Waals surface area contributed by atoms with Gasteiger partial charge >= 0.3 is 0 Å². The second kappa shape index (κ2) is 5.37. The molecule has 1 N–H and O–H groups in total. The van der Waals surface area contributed by atoms with Crippen molar-refractivity contribution in [3.63, 3.8) is 0 Å². The van der Waals surface area contributed by atoms with Crippen LogP contribution in [0.2, 0.25) is 0 Å². The van der Waals surface area contributed by atoms with Crippen LogP contribution >= 0.6 is 0 Å². The Labute approximate surface area is 94.6 Å². The first-order chi connectivity index (χ1) is 7.88. The van der Waals surface area contributed by atoms with Crippen molar-refractivity contribution in [3.8, 4) is 0 Å². The molecular formula is C11H15N5. The quantitative estimate of drug-likeness (QED) is 0.806. The Kier molecular flexibility index (Phi) is 3.61. The topological polar surface area (TPSA) is 55.6 Å². The van der Waals surface area contributed by atoms with E-state index in [1.165, 1.54) is 0 Å². The van der Waals surface area contributed by atoms with E-state index in [4.69, 9.17) is 0 Å². The largest absolute Gasteiger partial charge is 0.329 e. The molecule has 0 aliphatic rings. The summed E-state index contributed by atoms with van der Waals surface area (Å²) in [6.07, 6.45) is 7.32. The molecule has 0 unspecified atom stereocenters. The zero-order valence-corrected chi connectivity index (χ0v) is 9.30. The predicted octanol–water partition coefficient (Wildman–Crippen LogP) is 0.831. The lowest BCUT2D eigenvalue weighted by molar-refractivity contribution is 0.709. The Hall–Kier alpha value is -1.75. The highest BCUT2D eigenvalue weighted by Gasteiger charge is 2.00. The van der Waals surface area contributed by atoms with Gasteiger partial charge in [-0.1, -0.05) is 6.92 Å². The summed E-state index contributed by atoms with van der Waals surface area (Å²) in [7, 11) is 0. The lowest BCUT2D eigenvalue weighted by Crippen LogP contribution is -2.11. The predicted molar refractivity (Wildman–Crippen MR) is 60.7 cm³/mol. The van der Waals surface area contributed by atoms with Gasteiger partial charge in [0.2, 0.25) is 0 Å². The molecule has 0 aliphatic carbocycles. The molecule has 84 valence electrons. The zero-order valence-electron chi connectivity index (χ0n) is 9.30. The number of imidazole rings is 1. The van der Waals surface area contributed by atoms with E-state index in [-0.39, 0.29) is 0 Å². The van der Waals surface area contributed by atoms with E-state index < -0.39 is 0 Å². The van der Waals surface area contributed by atoms with Crippen LogP contribution in [0.15, 0.2) is 31.0 Å². The van der Waals surface area contributed by atoms with Crippen molar-refractivity contribution in [1.82, 2.24) is 24.8 Å². The molecule has 16 heavy (non-hydrogen) atoms. The van der Waals surface area contributed by atoms with Crippen LogP contribution in [0.4, 0.5) is 0 Å². The second-order valence-electron chi connectivity index (χ2n) is 3.48. The third-order valence-electron chi connectivity index (χ3n) is 2.19. The number of nitrogens with one attached hydrogen (secondary N) is 1. The molecule has 0 spiro atoms. The Morgan fingerprint density at radius 1 is 1.25 bits per heavy atom. The summed E-state index contributed by atoms with van der Waals surface area (Å²) in [5.41, 5.74) is 1.04. The van der Waals surface area contributed by atoms with E-state index >= 15 is 0 Å². The van der Waals surface area contributed by atoms with Crippen molar-refractivity contribution in [1.29, 1.82) is 0 Å². The zero-order chi connectivity index (χ0) is 11.2. The van der Waals surface area contributed by atoms with Crippen LogP contribution in [0, 0.1) is 0 Å². The summed E-state index contributed by atoms with van der Waals surface area (Å²) < 4.78 is 1.99. The number of hydrogen-bond donors (Lipinski definition) is 1. The minimum atomic E-state index is 0.667. The maximum atomic E-state index is 4.29. The normalized spacial score (nSPS) is 10.6. The van der Waals surface area contributed by atoms with Gasteiger partial charge in [0.25, 0.3) is 0 Å². The van der Waals surface area contributed by atoms with Gasteiger partial charge in [-0.05, 0) is 12.6 Å². The highest BCUT2D eigenvalue weighted by molar-refractivity contribution is 4.99. The van der Waals surface area contributed by atoms with Crippen LogP contribution in [0.1, 0.15) is 18.4 Å². The Morgan fingerprint density at radius 3 is 2.81 bits per heavy atom. The van der Waals surface area contributed by atoms with Crippen LogP contribution in [-0.4, -0.2) is 26.1 Å². The minimum absolute atomic E-state index is 0.667.